The second-order valence-corrected chi connectivity index (χ2v) is 7.71. The van der Waals surface area contributed by atoms with Gasteiger partial charge in [0.25, 0.3) is 0 Å². The molecule has 2 aromatic heterocycles. The number of aryl methyl sites for hydroxylation is 1. The van der Waals surface area contributed by atoms with Crippen LogP contribution in [0.15, 0.2) is 66.1 Å². The number of anilines is 1. The SMILES string of the molecule is Cc1ccncc1Oc1ccc(NC(=O)CSc2nc3ccc(Cl)cc3[nH]2)cc1. The van der Waals surface area contributed by atoms with E-state index in [2.05, 4.69) is 20.3 Å². The minimum atomic E-state index is -0.120. The molecule has 0 fully saturated rings. The Balaban J connectivity index is 1.32. The van der Waals surface area contributed by atoms with Crippen LogP contribution in [-0.2, 0) is 4.79 Å². The third-order valence-electron chi connectivity index (χ3n) is 4.12. The first-order valence-electron chi connectivity index (χ1n) is 8.83. The number of nitrogens with zero attached hydrogens (tertiary/aromatic N) is 2. The molecule has 2 aromatic carbocycles. The molecule has 8 heteroatoms. The number of hydrogen-bond acceptors (Lipinski definition) is 5. The lowest BCUT2D eigenvalue weighted by atomic mass is 10.2. The van der Waals surface area contributed by atoms with Crippen molar-refractivity contribution in [1.82, 2.24) is 15.0 Å². The van der Waals surface area contributed by atoms with Gasteiger partial charge in [-0.1, -0.05) is 23.4 Å². The molecule has 0 aliphatic heterocycles. The number of H-pyrrole nitrogens is 1. The smallest absolute Gasteiger partial charge is 0.234 e. The summed E-state index contributed by atoms with van der Waals surface area (Å²) in [6, 6.07) is 14.5. The van der Waals surface area contributed by atoms with E-state index in [1.807, 2.05) is 25.1 Å². The summed E-state index contributed by atoms with van der Waals surface area (Å²) in [5, 5.41) is 4.18. The van der Waals surface area contributed by atoms with Crippen LogP contribution in [0.3, 0.4) is 0 Å². The molecule has 0 aliphatic rings. The van der Waals surface area contributed by atoms with Crippen molar-refractivity contribution in [3.8, 4) is 11.5 Å². The number of hydrogen-bond donors (Lipinski definition) is 2. The van der Waals surface area contributed by atoms with E-state index < -0.39 is 0 Å². The minimum Gasteiger partial charge on any atom is -0.455 e. The fraction of sp³-hybridized carbons (Fsp3) is 0.0952. The lowest BCUT2D eigenvalue weighted by Crippen LogP contribution is -2.14. The Morgan fingerprint density at radius 2 is 2.03 bits per heavy atom. The summed E-state index contributed by atoms with van der Waals surface area (Å²) in [5.41, 5.74) is 3.36. The summed E-state index contributed by atoms with van der Waals surface area (Å²) in [4.78, 5) is 23.9. The average Bonchev–Trinajstić information content (AvgIpc) is 3.12. The largest absolute Gasteiger partial charge is 0.455 e. The van der Waals surface area contributed by atoms with Gasteiger partial charge in [-0.3, -0.25) is 9.78 Å². The standard InChI is InChI=1S/C21H17ClN4O2S/c1-13-8-9-23-11-19(13)28-16-5-3-15(4-6-16)24-20(27)12-29-21-25-17-7-2-14(22)10-18(17)26-21/h2-11H,12H2,1H3,(H,24,27)(H,25,26). The van der Waals surface area contributed by atoms with Crippen molar-refractivity contribution >= 4 is 46.0 Å². The van der Waals surface area contributed by atoms with Crippen LogP contribution in [-0.4, -0.2) is 26.6 Å². The van der Waals surface area contributed by atoms with Gasteiger partial charge in [-0.2, -0.15) is 0 Å². The molecule has 29 heavy (non-hydrogen) atoms. The van der Waals surface area contributed by atoms with Crippen molar-refractivity contribution in [3.63, 3.8) is 0 Å². The number of aromatic amines is 1. The molecule has 0 saturated heterocycles. The predicted octanol–water partition coefficient (Wildman–Crippen LogP) is 5.44. The number of thioether (sulfide) groups is 1. The Labute approximate surface area is 176 Å². The Morgan fingerprint density at radius 3 is 2.83 bits per heavy atom. The van der Waals surface area contributed by atoms with Gasteiger partial charge in [0.05, 0.1) is 23.0 Å². The van der Waals surface area contributed by atoms with E-state index in [0.29, 0.717) is 27.4 Å². The van der Waals surface area contributed by atoms with Gasteiger partial charge in [0.1, 0.15) is 11.5 Å². The molecule has 2 heterocycles. The number of imidazole rings is 1. The van der Waals surface area contributed by atoms with Crippen LogP contribution >= 0.6 is 23.4 Å². The van der Waals surface area contributed by atoms with E-state index in [-0.39, 0.29) is 11.7 Å². The molecular formula is C21H17ClN4O2S. The number of amides is 1. The number of carbonyl (C=O) groups is 1. The van der Waals surface area contributed by atoms with Crippen molar-refractivity contribution in [2.24, 2.45) is 0 Å². The number of benzene rings is 2. The number of halogens is 1. The van der Waals surface area contributed by atoms with E-state index in [4.69, 9.17) is 16.3 Å². The van der Waals surface area contributed by atoms with E-state index in [0.717, 1.165) is 16.6 Å². The fourth-order valence-electron chi connectivity index (χ4n) is 2.65. The van der Waals surface area contributed by atoms with Gasteiger partial charge in [-0.15, -0.1) is 0 Å². The Hall–Kier alpha value is -3.03. The van der Waals surface area contributed by atoms with E-state index in [9.17, 15) is 4.79 Å². The molecular weight excluding hydrogens is 408 g/mol. The van der Waals surface area contributed by atoms with Gasteiger partial charge in [-0.05, 0) is 61.0 Å². The van der Waals surface area contributed by atoms with Gasteiger partial charge >= 0.3 is 0 Å². The number of rotatable bonds is 6. The Bertz CT molecular complexity index is 1160. The maximum atomic E-state index is 12.2. The Kier molecular flexibility index (Phi) is 5.69. The van der Waals surface area contributed by atoms with Crippen LogP contribution in [0.4, 0.5) is 5.69 Å². The van der Waals surface area contributed by atoms with Crippen molar-refractivity contribution in [3.05, 3.63) is 71.5 Å². The third-order valence-corrected chi connectivity index (χ3v) is 5.23. The van der Waals surface area contributed by atoms with Gasteiger partial charge in [0.15, 0.2) is 5.16 Å². The van der Waals surface area contributed by atoms with Crippen LogP contribution in [0.1, 0.15) is 5.56 Å². The molecule has 0 radical (unpaired) electrons. The van der Waals surface area contributed by atoms with Gasteiger partial charge < -0.3 is 15.0 Å². The van der Waals surface area contributed by atoms with Crippen molar-refractivity contribution < 1.29 is 9.53 Å². The first kappa shape index (κ1) is 19.3. The van der Waals surface area contributed by atoms with Crippen LogP contribution in [0.25, 0.3) is 11.0 Å². The highest BCUT2D eigenvalue weighted by molar-refractivity contribution is 7.99. The molecule has 4 rings (SSSR count). The third kappa shape index (κ3) is 4.88. The fourth-order valence-corrected chi connectivity index (χ4v) is 3.50. The van der Waals surface area contributed by atoms with Crippen molar-refractivity contribution in [1.29, 1.82) is 0 Å². The number of nitrogens with one attached hydrogen (secondary N) is 2. The first-order valence-corrected chi connectivity index (χ1v) is 10.2. The highest BCUT2D eigenvalue weighted by Crippen LogP contribution is 2.25. The van der Waals surface area contributed by atoms with Gasteiger partial charge in [-0.25, -0.2) is 4.98 Å². The molecule has 0 aliphatic carbocycles. The summed E-state index contributed by atoms with van der Waals surface area (Å²) in [6.07, 6.45) is 3.40. The molecule has 0 bridgehead atoms. The molecule has 0 unspecified atom stereocenters. The predicted molar refractivity (Wildman–Crippen MR) is 116 cm³/mol. The van der Waals surface area contributed by atoms with Gasteiger partial charge in [0.2, 0.25) is 5.91 Å². The second-order valence-electron chi connectivity index (χ2n) is 6.31. The molecule has 4 aromatic rings. The van der Waals surface area contributed by atoms with Crippen molar-refractivity contribution in [2.75, 3.05) is 11.1 Å². The van der Waals surface area contributed by atoms with Crippen LogP contribution < -0.4 is 10.1 Å². The zero-order chi connectivity index (χ0) is 20.2. The summed E-state index contributed by atoms with van der Waals surface area (Å²) in [6.45, 7) is 1.96. The highest BCUT2D eigenvalue weighted by Gasteiger charge is 2.08. The number of pyridine rings is 1. The molecule has 1 amide bonds. The van der Waals surface area contributed by atoms with Crippen molar-refractivity contribution in [2.45, 2.75) is 12.1 Å². The molecule has 146 valence electrons. The second kappa shape index (κ2) is 8.55. The number of aromatic nitrogens is 3. The molecule has 0 atom stereocenters. The lowest BCUT2D eigenvalue weighted by molar-refractivity contribution is -0.113. The summed E-state index contributed by atoms with van der Waals surface area (Å²) in [5.74, 6) is 1.49. The summed E-state index contributed by atoms with van der Waals surface area (Å²) >= 11 is 7.31. The van der Waals surface area contributed by atoms with E-state index in [1.165, 1.54) is 11.8 Å². The van der Waals surface area contributed by atoms with Crippen LogP contribution in [0.5, 0.6) is 11.5 Å². The zero-order valence-corrected chi connectivity index (χ0v) is 17.1. The summed E-state index contributed by atoms with van der Waals surface area (Å²) in [7, 11) is 0. The number of carbonyl (C=O) groups excluding carboxylic acids is 1. The summed E-state index contributed by atoms with van der Waals surface area (Å²) < 4.78 is 5.81. The molecule has 6 nitrogen and oxygen atoms in total. The van der Waals surface area contributed by atoms with Crippen LogP contribution in [0, 0.1) is 6.92 Å². The zero-order valence-electron chi connectivity index (χ0n) is 15.5. The normalized spacial score (nSPS) is 10.8. The topological polar surface area (TPSA) is 79.9 Å². The number of ether oxygens (including phenoxy) is 1. The number of fused-ring (bicyclic) bond motifs is 1. The molecule has 2 N–H and O–H groups in total. The highest BCUT2D eigenvalue weighted by atomic mass is 35.5. The van der Waals surface area contributed by atoms with E-state index in [1.54, 1.807) is 42.7 Å². The maximum Gasteiger partial charge on any atom is 0.234 e. The first-order chi connectivity index (χ1) is 14.1. The minimum absolute atomic E-state index is 0.120. The quantitative estimate of drug-likeness (QED) is 0.403. The van der Waals surface area contributed by atoms with Crippen LogP contribution in [0.2, 0.25) is 5.02 Å². The van der Waals surface area contributed by atoms with E-state index >= 15 is 0 Å². The molecule has 0 spiro atoms. The monoisotopic (exact) mass is 424 g/mol. The average molecular weight is 425 g/mol. The molecule has 0 saturated carbocycles. The maximum absolute atomic E-state index is 12.2. The Morgan fingerprint density at radius 1 is 1.21 bits per heavy atom. The van der Waals surface area contributed by atoms with Gasteiger partial charge in [0, 0.05) is 16.9 Å². The lowest BCUT2D eigenvalue weighted by Gasteiger charge is -2.09.